The quantitative estimate of drug-likeness (QED) is 0.603. The monoisotopic (exact) mass is 229 g/mol. The first-order valence-corrected chi connectivity index (χ1v) is 5.23. The molecule has 2 aromatic heterocycles. The van der Waals surface area contributed by atoms with E-state index in [1.807, 2.05) is 24.3 Å². The van der Waals surface area contributed by atoms with Crippen LogP contribution in [0, 0.1) is 0 Å². The number of nitrogens with zero attached hydrogens (tertiary/aromatic N) is 2. The van der Waals surface area contributed by atoms with Crippen LogP contribution in [-0.4, -0.2) is 9.97 Å². The predicted octanol–water partition coefficient (Wildman–Crippen LogP) is 3.02. The Bertz CT molecular complexity index is 694. The zero-order valence-corrected chi connectivity index (χ0v) is 9.07. The van der Waals surface area contributed by atoms with Gasteiger partial charge >= 0.3 is 0 Å². The van der Waals surface area contributed by atoms with Crippen LogP contribution < -0.4 is 5.73 Å². The predicted molar refractivity (Wildman–Crippen MR) is 66.5 cm³/mol. The third kappa shape index (κ3) is 1.29. The maximum absolute atomic E-state index is 5.93. The summed E-state index contributed by atoms with van der Waals surface area (Å²) in [5.74, 6) is 0.436. The Morgan fingerprint density at radius 3 is 2.88 bits per heavy atom. The van der Waals surface area contributed by atoms with Crippen molar-refractivity contribution < 1.29 is 0 Å². The van der Waals surface area contributed by atoms with Crippen molar-refractivity contribution in [1.29, 1.82) is 0 Å². The van der Waals surface area contributed by atoms with Gasteiger partial charge in [-0.1, -0.05) is 23.7 Å². The molecule has 0 fully saturated rings. The standard InChI is InChI=1S/C12H8ClN3/c13-7-3-4-8-9-2-1-5-15-11(9)12(14)16-10(8)6-7/h1-6H,(H2,14,16). The molecule has 0 atom stereocenters. The highest BCUT2D eigenvalue weighted by Crippen LogP contribution is 2.27. The minimum atomic E-state index is 0.436. The van der Waals surface area contributed by atoms with E-state index in [2.05, 4.69) is 9.97 Å². The van der Waals surface area contributed by atoms with E-state index >= 15 is 0 Å². The van der Waals surface area contributed by atoms with Gasteiger partial charge in [0.1, 0.15) is 5.52 Å². The van der Waals surface area contributed by atoms with E-state index in [-0.39, 0.29) is 0 Å². The zero-order valence-electron chi connectivity index (χ0n) is 8.31. The highest BCUT2D eigenvalue weighted by atomic mass is 35.5. The molecular weight excluding hydrogens is 222 g/mol. The number of aromatic nitrogens is 2. The fourth-order valence-electron chi connectivity index (χ4n) is 1.83. The van der Waals surface area contributed by atoms with Crippen molar-refractivity contribution in [2.45, 2.75) is 0 Å². The summed E-state index contributed by atoms with van der Waals surface area (Å²) in [7, 11) is 0. The van der Waals surface area contributed by atoms with E-state index in [1.165, 1.54) is 0 Å². The van der Waals surface area contributed by atoms with Gasteiger partial charge in [-0.3, -0.25) is 4.98 Å². The lowest BCUT2D eigenvalue weighted by Gasteiger charge is -2.05. The molecule has 2 heterocycles. The molecule has 0 bridgehead atoms. The molecule has 4 heteroatoms. The maximum atomic E-state index is 5.93. The van der Waals surface area contributed by atoms with Crippen LogP contribution >= 0.6 is 11.6 Å². The third-order valence-electron chi connectivity index (χ3n) is 2.54. The average Bonchev–Trinajstić information content (AvgIpc) is 2.29. The third-order valence-corrected chi connectivity index (χ3v) is 2.78. The number of rotatable bonds is 0. The van der Waals surface area contributed by atoms with Crippen molar-refractivity contribution in [3.63, 3.8) is 0 Å². The van der Waals surface area contributed by atoms with Crippen LogP contribution in [0.25, 0.3) is 21.8 Å². The summed E-state index contributed by atoms with van der Waals surface area (Å²) in [5, 5.41) is 2.67. The second kappa shape index (κ2) is 3.32. The van der Waals surface area contributed by atoms with Crippen LogP contribution in [0.1, 0.15) is 0 Å². The van der Waals surface area contributed by atoms with E-state index < -0.39 is 0 Å². The van der Waals surface area contributed by atoms with Gasteiger partial charge in [-0.2, -0.15) is 0 Å². The summed E-state index contributed by atoms with van der Waals surface area (Å²) < 4.78 is 0. The summed E-state index contributed by atoms with van der Waals surface area (Å²) in [6.45, 7) is 0. The number of pyridine rings is 2. The van der Waals surface area contributed by atoms with Gasteiger partial charge in [-0.15, -0.1) is 0 Å². The molecule has 0 aliphatic rings. The minimum absolute atomic E-state index is 0.436. The summed E-state index contributed by atoms with van der Waals surface area (Å²) in [5.41, 5.74) is 7.39. The molecule has 0 radical (unpaired) electrons. The Kier molecular flexibility index (Phi) is 1.94. The first-order valence-electron chi connectivity index (χ1n) is 4.85. The molecule has 0 unspecified atom stereocenters. The van der Waals surface area contributed by atoms with Gasteiger partial charge in [-0.25, -0.2) is 4.98 Å². The Labute approximate surface area is 96.9 Å². The van der Waals surface area contributed by atoms with Crippen molar-refractivity contribution in [2.75, 3.05) is 5.73 Å². The van der Waals surface area contributed by atoms with Gasteiger partial charge in [0.25, 0.3) is 0 Å². The molecule has 3 aromatic rings. The molecule has 0 aliphatic carbocycles. The second-order valence-electron chi connectivity index (χ2n) is 3.56. The molecule has 3 nitrogen and oxygen atoms in total. The molecule has 0 spiro atoms. The molecule has 3 rings (SSSR count). The lowest BCUT2D eigenvalue weighted by atomic mass is 10.1. The van der Waals surface area contributed by atoms with Gasteiger partial charge < -0.3 is 5.73 Å². The van der Waals surface area contributed by atoms with Crippen molar-refractivity contribution in [3.05, 3.63) is 41.6 Å². The largest absolute Gasteiger partial charge is 0.382 e. The first kappa shape index (κ1) is 9.36. The smallest absolute Gasteiger partial charge is 0.150 e. The fraction of sp³-hybridized carbons (Fsp3) is 0. The molecule has 0 saturated heterocycles. The van der Waals surface area contributed by atoms with E-state index in [4.69, 9.17) is 17.3 Å². The zero-order chi connectivity index (χ0) is 11.1. The second-order valence-corrected chi connectivity index (χ2v) is 3.99. The summed E-state index contributed by atoms with van der Waals surface area (Å²) in [6, 6.07) is 9.45. The summed E-state index contributed by atoms with van der Waals surface area (Å²) >= 11 is 5.93. The van der Waals surface area contributed by atoms with Gasteiger partial charge in [0.2, 0.25) is 0 Å². The summed E-state index contributed by atoms with van der Waals surface area (Å²) in [6.07, 6.45) is 1.71. The molecular formula is C12H8ClN3. The highest BCUT2D eigenvalue weighted by Gasteiger charge is 2.06. The Hall–Kier alpha value is -1.87. The lowest BCUT2D eigenvalue weighted by molar-refractivity contribution is 1.36. The number of hydrogen-bond donors (Lipinski definition) is 1. The molecule has 78 valence electrons. The van der Waals surface area contributed by atoms with Crippen LogP contribution in [0.4, 0.5) is 5.82 Å². The van der Waals surface area contributed by atoms with E-state index in [0.29, 0.717) is 10.8 Å². The van der Waals surface area contributed by atoms with Gasteiger partial charge in [0, 0.05) is 22.0 Å². The van der Waals surface area contributed by atoms with Crippen LogP contribution in [0.2, 0.25) is 5.02 Å². The molecule has 16 heavy (non-hydrogen) atoms. The number of anilines is 1. The van der Waals surface area contributed by atoms with Gasteiger partial charge in [0.05, 0.1) is 5.52 Å². The Balaban J connectivity index is 2.59. The SMILES string of the molecule is Nc1nc2cc(Cl)ccc2c2cccnc12. The minimum Gasteiger partial charge on any atom is -0.382 e. The summed E-state index contributed by atoms with van der Waals surface area (Å²) in [4.78, 5) is 8.53. The lowest BCUT2D eigenvalue weighted by Crippen LogP contribution is -1.94. The fourth-order valence-corrected chi connectivity index (χ4v) is 2.00. The number of halogens is 1. The molecule has 0 amide bonds. The van der Waals surface area contributed by atoms with Gasteiger partial charge in [0.15, 0.2) is 5.82 Å². The van der Waals surface area contributed by atoms with E-state index in [1.54, 1.807) is 12.3 Å². The topological polar surface area (TPSA) is 51.8 Å². The number of fused-ring (bicyclic) bond motifs is 3. The Morgan fingerprint density at radius 2 is 2.00 bits per heavy atom. The Morgan fingerprint density at radius 1 is 1.12 bits per heavy atom. The van der Waals surface area contributed by atoms with Crippen molar-refractivity contribution in [2.24, 2.45) is 0 Å². The van der Waals surface area contributed by atoms with Crippen LogP contribution in [0.5, 0.6) is 0 Å². The molecule has 1 aromatic carbocycles. The van der Waals surface area contributed by atoms with Crippen molar-refractivity contribution in [1.82, 2.24) is 9.97 Å². The average molecular weight is 230 g/mol. The highest BCUT2D eigenvalue weighted by molar-refractivity contribution is 6.31. The van der Waals surface area contributed by atoms with E-state index in [9.17, 15) is 0 Å². The molecule has 0 saturated carbocycles. The van der Waals surface area contributed by atoms with E-state index in [0.717, 1.165) is 21.8 Å². The van der Waals surface area contributed by atoms with Crippen LogP contribution in [-0.2, 0) is 0 Å². The number of nitrogen functional groups attached to an aromatic ring is 1. The molecule has 0 aliphatic heterocycles. The number of hydrogen-bond acceptors (Lipinski definition) is 3. The van der Waals surface area contributed by atoms with Crippen molar-refractivity contribution >= 4 is 39.2 Å². The normalized spacial score (nSPS) is 11.1. The molecule has 2 N–H and O–H groups in total. The van der Waals surface area contributed by atoms with Gasteiger partial charge in [-0.05, 0) is 18.2 Å². The van der Waals surface area contributed by atoms with Crippen molar-refractivity contribution in [3.8, 4) is 0 Å². The van der Waals surface area contributed by atoms with Crippen LogP contribution in [0.3, 0.4) is 0 Å². The first-order chi connectivity index (χ1) is 7.75. The maximum Gasteiger partial charge on any atom is 0.150 e. The van der Waals surface area contributed by atoms with Crippen LogP contribution in [0.15, 0.2) is 36.5 Å². The number of nitrogens with two attached hydrogens (primary N) is 1. The number of benzene rings is 1.